The van der Waals surface area contributed by atoms with Gasteiger partial charge in [0.05, 0.1) is 12.5 Å². The highest BCUT2D eigenvalue weighted by atomic mass is 19.1. The first-order chi connectivity index (χ1) is 16.3. The van der Waals surface area contributed by atoms with Gasteiger partial charge in [0, 0.05) is 6.07 Å². The van der Waals surface area contributed by atoms with E-state index in [1.807, 2.05) is 0 Å². The molecule has 0 radical (unpaired) electrons. The van der Waals surface area contributed by atoms with Crippen LogP contribution < -0.4 is 11.1 Å². The summed E-state index contributed by atoms with van der Waals surface area (Å²) in [6.45, 7) is 0. The molecular formula is C25H20F2N4O3. The van der Waals surface area contributed by atoms with Crippen molar-refractivity contribution in [2.45, 2.75) is 12.5 Å². The zero-order valence-electron chi connectivity index (χ0n) is 17.8. The van der Waals surface area contributed by atoms with Crippen LogP contribution in [0.4, 0.5) is 14.6 Å². The molecule has 0 fully saturated rings. The Labute approximate surface area is 193 Å². The number of nitrogens with zero attached hydrogens (tertiary/aromatic N) is 2. The number of rotatable bonds is 7. The minimum atomic E-state index is -1.11. The monoisotopic (exact) mass is 462 g/mol. The molecule has 172 valence electrons. The minimum Gasteiger partial charge on any atom is -0.481 e. The van der Waals surface area contributed by atoms with Gasteiger partial charge in [0.1, 0.15) is 23.1 Å². The lowest BCUT2D eigenvalue weighted by molar-refractivity contribution is -0.137. The van der Waals surface area contributed by atoms with Crippen LogP contribution in [-0.2, 0) is 4.79 Å². The highest BCUT2D eigenvalue weighted by molar-refractivity contribution is 5.93. The number of para-hydroxylation sites is 1. The summed E-state index contributed by atoms with van der Waals surface area (Å²) in [5.74, 6) is -2.62. The zero-order valence-corrected chi connectivity index (χ0v) is 17.8. The predicted octanol–water partition coefficient (Wildman–Crippen LogP) is 4.35. The van der Waals surface area contributed by atoms with E-state index in [4.69, 9.17) is 5.73 Å². The van der Waals surface area contributed by atoms with Crippen LogP contribution in [0.3, 0.4) is 0 Å². The summed E-state index contributed by atoms with van der Waals surface area (Å²) < 4.78 is 28.4. The maximum absolute atomic E-state index is 14.1. The van der Waals surface area contributed by atoms with Gasteiger partial charge in [-0.1, -0.05) is 48.5 Å². The molecular weight excluding hydrogens is 442 g/mol. The molecule has 1 heterocycles. The van der Waals surface area contributed by atoms with Crippen LogP contribution in [0.25, 0.3) is 16.8 Å². The molecule has 0 saturated carbocycles. The summed E-state index contributed by atoms with van der Waals surface area (Å²) >= 11 is 0. The van der Waals surface area contributed by atoms with Crippen molar-refractivity contribution in [2.24, 2.45) is 0 Å². The fourth-order valence-corrected chi connectivity index (χ4v) is 3.53. The number of benzene rings is 3. The van der Waals surface area contributed by atoms with E-state index in [2.05, 4.69) is 10.4 Å². The molecule has 7 nitrogen and oxygen atoms in total. The SMILES string of the molecule is Nc1cc(C(=O)NC(CC(=O)O)c2ccc(-c3ccc(F)cc3)cc2)nn1-c1ccccc1F. The van der Waals surface area contributed by atoms with Crippen molar-refractivity contribution >= 4 is 17.7 Å². The number of hydrogen-bond donors (Lipinski definition) is 3. The van der Waals surface area contributed by atoms with Gasteiger partial charge in [-0.3, -0.25) is 9.59 Å². The third-order valence-corrected chi connectivity index (χ3v) is 5.22. The summed E-state index contributed by atoms with van der Waals surface area (Å²) in [5, 5.41) is 16.1. The molecule has 34 heavy (non-hydrogen) atoms. The summed E-state index contributed by atoms with van der Waals surface area (Å²) in [6, 6.07) is 19.2. The van der Waals surface area contributed by atoms with E-state index >= 15 is 0 Å². The van der Waals surface area contributed by atoms with Crippen LogP contribution in [0.1, 0.15) is 28.5 Å². The number of nitrogens with one attached hydrogen (secondary N) is 1. The Morgan fingerprint density at radius 1 is 0.971 bits per heavy atom. The smallest absolute Gasteiger partial charge is 0.305 e. The number of aromatic nitrogens is 2. The van der Waals surface area contributed by atoms with Crippen molar-refractivity contribution in [2.75, 3.05) is 5.73 Å². The number of halogens is 2. The lowest BCUT2D eigenvalue weighted by Crippen LogP contribution is -2.30. The molecule has 9 heteroatoms. The molecule has 3 aromatic carbocycles. The van der Waals surface area contributed by atoms with Crippen molar-refractivity contribution in [3.05, 3.63) is 102 Å². The highest BCUT2D eigenvalue weighted by Gasteiger charge is 2.22. The molecule has 4 aromatic rings. The molecule has 4 N–H and O–H groups in total. The number of anilines is 1. The van der Waals surface area contributed by atoms with E-state index in [-0.39, 0.29) is 29.4 Å². The number of carboxylic acid groups (broad SMARTS) is 1. The number of carbonyl (C=O) groups is 2. The Balaban J connectivity index is 1.56. The van der Waals surface area contributed by atoms with Gasteiger partial charge < -0.3 is 16.2 Å². The standard InChI is InChI=1S/C25H20F2N4O3/c26-18-11-9-16(10-12-18)15-5-7-17(8-6-15)20(14-24(32)33)29-25(34)21-13-23(28)31(30-21)22-4-2-1-3-19(22)27/h1-13,20H,14,28H2,(H,29,34)(H,32,33). The Kier molecular flexibility index (Phi) is 6.35. The molecule has 0 bridgehead atoms. The fourth-order valence-electron chi connectivity index (χ4n) is 3.53. The Bertz CT molecular complexity index is 1340. The van der Waals surface area contributed by atoms with E-state index in [0.717, 1.165) is 15.8 Å². The van der Waals surface area contributed by atoms with Crippen LogP contribution in [0.2, 0.25) is 0 Å². The third-order valence-electron chi connectivity index (χ3n) is 5.22. The first-order valence-electron chi connectivity index (χ1n) is 10.3. The summed E-state index contributed by atoms with van der Waals surface area (Å²) in [6.07, 6.45) is -0.370. The average Bonchev–Trinajstić information content (AvgIpc) is 3.21. The molecule has 0 aliphatic carbocycles. The quantitative estimate of drug-likeness (QED) is 0.378. The topological polar surface area (TPSA) is 110 Å². The second-order valence-electron chi connectivity index (χ2n) is 7.57. The van der Waals surface area contributed by atoms with Crippen LogP contribution in [0, 0.1) is 11.6 Å². The lowest BCUT2D eigenvalue weighted by Gasteiger charge is -2.17. The maximum Gasteiger partial charge on any atom is 0.305 e. The molecule has 1 atom stereocenters. The molecule has 4 rings (SSSR count). The summed E-state index contributed by atoms with van der Waals surface area (Å²) in [5.41, 5.74) is 8.07. The van der Waals surface area contributed by atoms with Gasteiger partial charge in [-0.05, 0) is 41.0 Å². The minimum absolute atomic E-state index is 0.0497. The van der Waals surface area contributed by atoms with Crippen molar-refractivity contribution in [1.82, 2.24) is 15.1 Å². The van der Waals surface area contributed by atoms with Crippen molar-refractivity contribution < 1.29 is 23.5 Å². The van der Waals surface area contributed by atoms with E-state index in [1.165, 1.54) is 36.4 Å². The largest absolute Gasteiger partial charge is 0.481 e. The molecule has 0 saturated heterocycles. The van der Waals surface area contributed by atoms with E-state index in [0.29, 0.717) is 5.56 Å². The maximum atomic E-state index is 14.1. The first-order valence-corrected chi connectivity index (χ1v) is 10.3. The molecule has 0 aliphatic rings. The van der Waals surface area contributed by atoms with Gasteiger partial charge in [0.2, 0.25) is 0 Å². The second kappa shape index (κ2) is 9.53. The van der Waals surface area contributed by atoms with Gasteiger partial charge in [0.15, 0.2) is 5.69 Å². The summed E-state index contributed by atoms with van der Waals surface area (Å²) in [7, 11) is 0. The van der Waals surface area contributed by atoms with E-state index in [1.54, 1.807) is 42.5 Å². The summed E-state index contributed by atoms with van der Waals surface area (Å²) in [4.78, 5) is 24.3. The highest BCUT2D eigenvalue weighted by Crippen LogP contribution is 2.25. The van der Waals surface area contributed by atoms with Crippen molar-refractivity contribution in [3.63, 3.8) is 0 Å². The molecule has 1 amide bonds. The number of nitrogens with two attached hydrogens (primary N) is 1. The molecule has 0 aliphatic heterocycles. The molecule has 1 aromatic heterocycles. The Hall–Kier alpha value is -4.53. The lowest BCUT2D eigenvalue weighted by atomic mass is 9.99. The third kappa shape index (κ3) is 4.93. The number of carboxylic acids is 1. The molecule has 1 unspecified atom stereocenters. The van der Waals surface area contributed by atoms with Crippen LogP contribution in [0.15, 0.2) is 78.9 Å². The Morgan fingerprint density at radius 2 is 1.59 bits per heavy atom. The van der Waals surface area contributed by atoms with Crippen molar-refractivity contribution in [1.29, 1.82) is 0 Å². The van der Waals surface area contributed by atoms with E-state index < -0.39 is 23.7 Å². The van der Waals surface area contributed by atoms with E-state index in [9.17, 15) is 23.5 Å². The van der Waals surface area contributed by atoms with Crippen LogP contribution in [-0.4, -0.2) is 26.8 Å². The Morgan fingerprint density at radius 3 is 2.21 bits per heavy atom. The number of hydrogen-bond acceptors (Lipinski definition) is 4. The van der Waals surface area contributed by atoms with Gasteiger partial charge in [0.25, 0.3) is 5.91 Å². The normalized spacial score (nSPS) is 11.7. The first kappa shape index (κ1) is 22.7. The van der Waals surface area contributed by atoms with Crippen LogP contribution in [0.5, 0.6) is 0 Å². The van der Waals surface area contributed by atoms with Gasteiger partial charge >= 0.3 is 5.97 Å². The van der Waals surface area contributed by atoms with Gasteiger partial charge in [-0.25, -0.2) is 13.5 Å². The number of aliphatic carboxylic acids is 1. The number of carbonyl (C=O) groups excluding carboxylic acids is 1. The number of amides is 1. The van der Waals surface area contributed by atoms with Gasteiger partial charge in [-0.15, -0.1) is 0 Å². The second-order valence-corrected chi connectivity index (χ2v) is 7.57. The number of nitrogen functional groups attached to an aromatic ring is 1. The van der Waals surface area contributed by atoms with Gasteiger partial charge in [-0.2, -0.15) is 5.10 Å². The predicted molar refractivity (Wildman–Crippen MR) is 122 cm³/mol. The average molecular weight is 462 g/mol. The molecule has 0 spiro atoms. The van der Waals surface area contributed by atoms with Crippen LogP contribution >= 0.6 is 0 Å². The zero-order chi connectivity index (χ0) is 24.2. The van der Waals surface area contributed by atoms with Crippen molar-refractivity contribution in [3.8, 4) is 16.8 Å². The fraction of sp³-hybridized carbons (Fsp3) is 0.0800.